The molecule has 2 aliphatic rings. The number of ether oxygens (including phenoxy) is 2. The Morgan fingerprint density at radius 3 is 2.71 bits per heavy atom. The van der Waals surface area contributed by atoms with Gasteiger partial charge in [-0.05, 0) is 36.1 Å². The molecule has 4 heterocycles. The minimum atomic E-state index is -2.00. The fourth-order valence-corrected chi connectivity index (χ4v) is 4.26. The van der Waals surface area contributed by atoms with E-state index in [0.29, 0.717) is 54.0 Å². The van der Waals surface area contributed by atoms with Gasteiger partial charge in [-0.15, -0.1) is 0 Å². The summed E-state index contributed by atoms with van der Waals surface area (Å²) in [6.07, 6.45) is 2.42. The number of amides is 1. The summed E-state index contributed by atoms with van der Waals surface area (Å²) in [4.78, 5) is 22.3. The van der Waals surface area contributed by atoms with Gasteiger partial charge in [-0.2, -0.15) is 4.39 Å². The number of hydrogen-bond donors (Lipinski definition) is 2. The molecule has 2 N–H and O–H groups in total. The van der Waals surface area contributed by atoms with Crippen molar-refractivity contribution in [3.8, 4) is 17.0 Å². The van der Waals surface area contributed by atoms with Crippen LogP contribution in [0.25, 0.3) is 21.9 Å². The van der Waals surface area contributed by atoms with Crippen LogP contribution in [-0.2, 0) is 4.74 Å². The molecular formula is C24H25F2N5O3. The number of piperidine rings is 1. The zero-order valence-electron chi connectivity index (χ0n) is 19.0. The van der Waals surface area contributed by atoms with Crippen LogP contribution < -0.4 is 20.3 Å². The third-order valence-electron chi connectivity index (χ3n) is 6.27. The molecule has 2 aromatic heterocycles. The second-order valence-corrected chi connectivity index (χ2v) is 8.53. The number of hydrogen-bond acceptors (Lipinski definition) is 7. The van der Waals surface area contributed by atoms with Crippen molar-refractivity contribution in [3.05, 3.63) is 42.0 Å². The Hall–Kier alpha value is -3.53. The van der Waals surface area contributed by atoms with Crippen LogP contribution in [0, 0.1) is 12.7 Å². The molecule has 10 heteroatoms. The van der Waals surface area contributed by atoms with Gasteiger partial charge >= 0.3 is 6.09 Å². The lowest BCUT2D eigenvalue weighted by molar-refractivity contribution is -0.111. The molecule has 0 atom stereocenters. The zero-order chi connectivity index (χ0) is 23.9. The van der Waals surface area contributed by atoms with Crippen LogP contribution in [0.1, 0.15) is 18.4 Å². The van der Waals surface area contributed by atoms with Crippen molar-refractivity contribution in [2.24, 2.45) is 0 Å². The van der Waals surface area contributed by atoms with Gasteiger partial charge in [0.15, 0.2) is 0 Å². The highest BCUT2D eigenvalue weighted by molar-refractivity contribution is 5.93. The standard InChI is InChI=1S/C24H25F2N5O3/c1-14-18(13-30-22-21(14)28-7-8-33-22)17-9-15-11-20(29-12-16(15)10-19(17)25)31(2)23(32)34-24(26)3-5-27-6-4-24/h9-13,27-28H,3-8H2,1-2H3. The average molecular weight is 469 g/mol. The predicted octanol–water partition coefficient (Wildman–Crippen LogP) is 4.17. The molecule has 1 saturated heterocycles. The number of rotatable bonds is 3. The molecule has 0 bridgehead atoms. The first-order valence-electron chi connectivity index (χ1n) is 11.2. The molecular weight excluding hydrogens is 444 g/mol. The first-order valence-corrected chi connectivity index (χ1v) is 11.2. The van der Waals surface area contributed by atoms with Gasteiger partial charge in [-0.3, -0.25) is 4.90 Å². The summed E-state index contributed by atoms with van der Waals surface area (Å²) < 4.78 is 40.6. The van der Waals surface area contributed by atoms with E-state index in [-0.39, 0.29) is 18.7 Å². The number of nitrogens with zero attached hydrogens (tertiary/aromatic N) is 3. The van der Waals surface area contributed by atoms with Crippen LogP contribution >= 0.6 is 0 Å². The van der Waals surface area contributed by atoms with Crippen molar-refractivity contribution in [2.75, 3.05) is 43.5 Å². The summed E-state index contributed by atoms with van der Waals surface area (Å²) in [6.45, 7) is 3.93. The summed E-state index contributed by atoms with van der Waals surface area (Å²) in [5, 5.41) is 7.53. The second-order valence-electron chi connectivity index (χ2n) is 8.53. The minimum absolute atomic E-state index is 0.0917. The lowest BCUT2D eigenvalue weighted by Crippen LogP contribution is -2.44. The fraction of sp³-hybridized carbons (Fsp3) is 0.375. The van der Waals surface area contributed by atoms with Gasteiger partial charge in [-0.25, -0.2) is 19.2 Å². The maximum absolute atomic E-state index is 15.1. The van der Waals surface area contributed by atoms with Gasteiger partial charge < -0.3 is 20.1 Å². The van der Waals surface area contributed by atoms with Crippen molar-refractivity contribution < 1.29 is 23.0 Å². The van der Waals surface area contributed by atoms with Crippen molar-refractivity contribution in [1.82, 2.24) is 15.3 Å². The monoisotopic (exact) mass is 469 g/mol. The number of nitrogens with one attached hydrogen (secondary N) is 2. The predicted molar refractivity (Wildman–Crippen MR) is 124 cm³/mol. The molecule has 0 aliphatic carbocycles. The number of alkyl halides is 1. The molecule has 2 aliphatic heterocycles. The number of carbonyl (C=O) groups excluding carboxylic acids is 1. The smallest absolute Gasteiger partial charge is 0.417 e. The number of anilines is 2. The summed E-state index contributed by atoms with van der Waals surface area (Å²) in [5.74, 6) is -1.65. The van der Waals surface area contributed by atoms with Gasteiger partial charge in [-0.1, -0.05) is 0 Å². The van der Waals surface area contributed by atoms with Gasteiger partial charge in [0.2, 0.25) is 5.88 Å². The van der Waals surface area contributed by atoms with E-state index >= 15 is 4.39 Å². The molecule has 178 valence electrons. The Kier molecular flexibility index (Phi) is 5.68. The molecule has 8 nitrogen and oxygen atoms in total. The van der Waals surface area contributed by atoms with Gasteiger partial charge in [0.1, 0.15) is 23.9 Å². The van der Waals surface area contributed by atoms with Crippen molar-refractivity contribution in [2.45, 2.75) is 25.6 Å². The number of benzene rings is 1. The van der Waals surface area contributed by atoms with Crippen molar-refractivity contribution >= 4 is 28.4 Å². The van der Waals surface area contributed by atoms with E-state index in [1.54, 1.807) is 18.3 Å². The maximum Gasteiger partial charge on any atom is 0.417 e. The SMILES string of the molecule is Cc1c(-c2cc3cc(N(C)C(=O)OC4(F)CCNCC4)ncc3cc2F)cnc2c1NCCO2. The van der Waals surface area contributed by atoms with Gasteiger partial charge in [0.05, 0.1) is 0 Å². The Labute approximate surface area is 195 Å². The highest BCUT2D eigenvalue weighted by Crippen LogP contribution is 2.37. The summed E-state index contributed by atoms with van der Waals surface area (Å²) in [5.41, 5.74) is 2.58. The Bertz CT molecular complexity index is 1260. The number of fused-ring (bicyclic) bond motifs is 2. The lowest BCUT2D eigenvalue weighted by atomic mass is 9.98. The first-order chi connectivity index (χ1) is 16.3. The lowest BCUT2D eigenvalue weighted by Gasteiger charge is -2.31. The van der Waals surface area contributed by atoms with Crippen molar-refractivity contribution in [1.29, 1.82) is 0 Å². The van der Waals surface area contributed by atoms with Gasteiger partial charge in [0.25, 0.3) is 5.85 Å². The van der Waals surface area contributed by atoms with E-state index in [0.717, 1.165) is 16.2 Å². The normalized spacial score (nSPS) is 16.8. The molecule has 0 saturated carbocycles. The molecule has 0 spiro atoms. The third-order valence-corrected chi connectivity index (χ3v) is 6.27. The minimum Gasteiger partial charge on any atom is -0.474 e. The summed E-state index contributed by atoms with van der Waals surface area (Å²) in [7, 11) is 1.47. The van der Waals surface area contributed by atoms with Crippen LogP contribution in [0.15, 0.2) is 30.6 Å². The van der Waals surface area contributed by atoms with Crippen LogP contribution in [0.4, 0.5) is 25.1 Å². The molecule has 0 unspecified atom stereocenters. The van der Waals surface area contributed by atoms with E-state index in [4.69, 9.17) is 9.47 Å². The average Bonchev–Trinajstić information content (AvgIpc) is 2.84. The number of carbonyl (C=O) groups is 1. The van der Waals surface area contributed by atoms with E-state index in [9.17, 15) is 9.18 Å². The Morgan fingerprint density at radius 2 is 1.91 bits per heavy atom. The van der Waals surface area contributed by atoms with E-state index in [1.165, 1.54) is 19.3 Å². The second kappa shape index (κ2) is 8.68. The van der Waals surface area contributed by atoms with E-state index < -0.39 is 17.8 Å². The maximum atomic E-state index is 15.1. The van der Waals surface area contributed by atoms with E-state index in [1.807, 2.05) is 6.92 Å². The largest absolute Gasteiger partial charge is 0.474 e. The third kappa shape index (κ3) is 4.09. The molecule has 1 fully saturated rings. The molecule has 5 rings (SSSR count). The van der Waals surface area contributed by atoms with Crippen molar-refractivity contribution in [3.63, 3.8) is 0 Å². The van der Waals surface area contributed by atoms with Crippen LogP contribution in [-0.4, -0.2) is 55.2 Å². The highest BCUT2D eigenvalue weighted by atomic mass is 19.2. The number of aromatic nitrogens is 2. The van der Waals surface area contributed by atoms with Crippen LogP contribution in [0.5, 0.6) is 5.88 Å². The summed E-state index contributed by atoms with van der Waals surface area (Å²) in [6, 6.07) is 4.74. The zero-order valence-corrected chi connectivity index (χ0v) is 19.0. The number of pyridine rings is 2. The van der Waals surface area contributed by atoms with E-state index in [2.05, 4.69) is 20.6 Å². The fourth-order valence-electron chi connectivity index (χ4n) is 4.26. The van der Waals surface area contributed by atoms with Crippen LogP contribution in [0.2, 0.25) is 0 Å². The highest BCUT2D eigenvalue weighted by Gasteiger charge is 2.37. The first kappa shape index (κ1) is 22.3. The summed E-state index contributed by atoms with van der Waals surface area (Å²) >= 11 is 0. The quantitative estimate of drug-likeness (QED) is 0.595. The number of halogens is 2. The topological polar surface area (TPSA) is 88.6 Å². The molecule has 1 aromatic carbocycles. The molecule has 34 heavy (non-hydrogen) atoms. The molecule has 3 aromatic rings. The van der Waals surface area contributed by atoms with Crippen LogP contribution in [0.3, 0.4) is 0 Å². The van der Waals surface area contributed by atoms with Gasteiger partial charge in [0, 0.05) is 68.4 Å². The Morgan fingerprint density at radius 1 is 1.12 bits per heavy atom. The molecule has 0 radical (unpaired) electrons. The molecule has 1 amide bonds. The Balaban J connectivity index is 1.47.